The number of allylic oxidation sites excluding steroid dienone is 4. The molecule has 1 unspecified atom stereocenters. The van der Waals surface area contributed by atoms with E-state index in [0.717, 1.165) is 77.0 Å². The first-order valence-electron chi connectivity index (χ1n) is 24.3. The quantitative estimate of drug-likeness (QED) is 0.0265. The molecule has 0 aromatic heterocycles. The number of carbonyl (C=O) groups is 3. The zero-order valence-electron chi connectivity index (χ0n) is 37.4. The fourth-order valence-electron chi connectivity index (χ4n) is 6.95. The minimum Gasteiger partial charge on any atom is -0.462 e. The van der Waals surface area contributed by atoms with E-state index in [1.807, 2.05) is 0 Å². The molecule has 6 heteroatoms. The maximum atomic E-state index is 12.7. The Labute approximate surface area is 347 Å². The molecule has 0 rings (SSSR count). The molecule has 1 atom stereocenters. The largest absolute Gasteiger partial charge is 0.462 e. The fraction of sp³-hybridized carbons (Fsp3) is 0.860. The third-order valence-corrected chi connectivity index (χ3v) is 10.7. The van der Waals surface area contributed by atoms with Gasteiger partial charge in [0.05, 0.1) is 0 Å². The van der Waals surface area contributed by atoms with Gasteiger partial charge in [-0.1, -0.05) is 199 Å². The first-order chi connectivity index (χ1) is 27.5. The zero-order valence-corrected chi connectivity index (χ0v) is 37.4. The molecule has 0 fully saturated rings. The van der Waals surface area contributed by atoms with Crippen LogP contribution in [0.25, 0.3) is 0 Å². The van der Waals surface area contributed by atoms with E-state index in [-0.39, 0.29) is 31.1 Å². The van der Waals surface area contributed by atoms with E-state index in [0.29, 0.717) is 19.3 Å². The minimum absolute atomic E-state index is 0.0747. The second-order valence-corrected chi connectivity index (χ2v) is 16.4. The molecular weight excluding hydrogens is 697 g/mol. The van der Waals surface area contributed by atoms with Crippen LogP contribution in [-0.2, 0) is 28.6 Å². The molecule has 0 aliphatic rings. The van der Waals surface area contributed by atoms with Crippen molar-refractivity contribution in [2.45, 2.75) is 264 Å². The number of rotatable bonds is 44. The molecule has 0 aromatic carbocycles. The van der Waals surface area contributed by atoms with E-state index in [2.05, 4.69) is 45.1 Å². The van der Waals surface area contributed by atoms with Crippen LogP contribution in [0.1, 0.15) is 258 Å². The second-order valence-electron chi connectivity index (χ2n) is 16.4. The number of carbonyl (C=O) groups excluding carboxylic acids is 3. The Morgan fingerprint density at radius 1 is 0.339 bits per heavy atom. The van der Waals surface area contributed by atoms with Gasteiger partial charge in [0.2, 0.25) is 0 Å². The molecule has 0 radical (unpaired) electrons. The van der Waals surface area contributed by atoms with Gasteiger partial charge in [-0.2, -0.15) is 0 Å². The smallest absolute Gasteiger partial charge is 0.306 e. The highest BCUT2D eigenvalue weighted by molar-refractivity contribution is 5.71. The van der Waals surface area contributed by atoms with Crippen LogP contribution in [0.2, 0.25) is 0 Å². The van der Waals surface area contributed by atoms with E-state index in [4.69, 9.17) is 14.2 Å². The van der Waals surface area contributed by atoms with Crippen molar-refractivity contribution in [3.8, 4) is 0 Å². The van der Waals surface area contributed by atoms with Gasteiger partial charge in [-0.3, -0.25) is 14.4 Å². The van der Waals surface area contributed by atoms with Crippen molar-refractivity contribution in [1.82, 2.24) is 0 Å². The monoisotopic (exact) mass is 789 g/mol. The molecule has 56 heavy (non-hydrogen) atoms. The first kappa shape index (κ1) is 53.9. The molecule has 0 aliphatic heterocycles. The summed E-state index contributed by atoms with van der Waals surface area (Å²) in [6.07, 6.45) is 50.3. The Hall–Kier alpha value is -2.11. The number of hydrogen-bond donors (Lipinski definition) is 0. The summed E-state index contributed by atoms with van der Waals surface area (Å²) in [5.41, 5.74) is 0. The third kappa shape index (κ3) is 43.0. The Morgan fingerprint density at radius 3 is 0.946 bits per heavy atom. The molecular formula is C50H92O6. The fourth-order valence-corrected chi connectivity index (χ4v) is 6.95. The summed E-state index contributed by atoms with van der Waals surface area (Å²) in [6.45, 7) is 6.57. The van der Waals surface area contributed by atoms with Crippen LogP contribution < -0.4 is 0 Å². The van der Waals surface area contributed by atoms with Gasteiger partial charge < -0.3 is 14.2 Å². The lowest BCUT2D eigenvalue weighted by molar-refractivity contribution is -0.167. The van der Waals surface area contributed by atoms with Crippen molar-refractivity contribution >= 4 is 17.9 Å². The van der Waals surface area contributed by atoms with E-state index in [1.54, 1.807) is 0 Å². The molecule has 0 bridgehead atoms. The van der Waals surface area contributed by atoms with Crippen LogP contribution >= 0.6 is 0 Å². The standard InChI is InChI=1S/C50H92O6/c1-4-7-10-13-16-19-21-22-23-24-25-26-27-28-29-32-34-37-40-43-49(52)55-46-47(45-54-48(51)42-39-36-33-30-18-15-12-9-6-3)56-50(53)44-41-38-35-31-20-17-14-11-8-5-2/h14,17,24-25,47H,4-13,15-16,18-23,26-46H2,1-3H3/b17-14-,25-24-. The van der Waals surface area contributed by atoms with Crippen LogP contribution in [0, 0.1) is 0 Å². The van der Waals surface area contributed by atoms with Gasteiger partial charge in [0.1, 0.15) is 13.2 Å². The van der Waals surface area contributed by atoms with Crippen LogP contribution in [0.5, 0.6) is 0 Å². The van der Waals surface area contributed by atoms with Gasteiger partial charge in [-0.15, -0.1) is 0 Å². The molecule has 328 valence electrons. The van der Waals surface area contributed by atoms with E-state index < -0.39 is 6.10 Å². The molecule has 0 aromatic rings. The lowest BCUT2D eigenvalue weighted by Gasteiger charge is -2.18. The summed E-state index contributed by atoms with van der Waals surface area (Å²) in [5.74, 6) is -0.889. The second kappa shape index (κ2) is 45.6. The van der Waals surface area contributed by atoms with Gasteiger partial charge in [-0.25, -0.2) is 0 Å². The van der Waals surface area contributed by atoms with E-state index in [9.17, 15) is 14.4 Å². The topological polar surface area (TPSA) is 78.9 Å². The van der Waals surface area contributed by atoms with E-state index >= 15 is 0 Å². The summed E-state index contributed by atoms with van der Waals surface area (Å²) < 4.78 is 16.7. The summed E-state index contributed by atoms with van der Waals surface area (Å²) in [4.78, 5) is 37.7. The Morgan fingerprint density at radius 2 is 0.607 bits per heavy atom. The number of ether oxygens (including phenoxy) is 3. The predicted octanol–water partition coefficient (Wildman–Crippen LogP) is 15.6. The van der Waals surface area contributed by atoms with Gasteiger partial charge in [0, 0.05) is 19.3 Å². The Balaban J connectivity index is 4.24. The van der Waals surface area contributed by atoms with E-state index in [1.165, 1.54) is 141 Å². The normalized spacial score (nSPS) is 12.1. The maximum Gasteiger partial charge on any atom is 0.306 e. The number of hydrogen-bond acceptors (Lipinski definition) is 6. The Bertz CT molecular complexity index is 911. The molecule has 0 saturated heterocycles. The Kier molecular flexibility index (Phi) is 43.9. The molecule has 0 heterocycles. The lowest BCUT2D eigenvalue weighted by atomic mass is 10.1. The van der Waals surface area contributed by atoms with Crippen molar-refractivity contribution in [2.75, 3.05) is 13.2 Å². The van der Waals surface area contributed by atoms with Crippen molar-refractivity contribution < 1.29 is 28.6 Å². The van der Waals surface area contributed by atoms with Crippen LogP contribution in [0.4, 0.5) is 0 Å². The highest BCUT2D eigenvalue weighted by Gasteiger charge is 2.19. The van der Waals surface area contributed by atoms with Gasteiger partial charge >= 0.3 is 17.9 Å². The van der Waals surface area contributed by atoms with Crippen molar-refractivity contribution in [1.29, 1.82) is 0 Å². The molecule has 0 saturated carbocycles. The van der Waals surface area contributed by atoms with Gasteiger partial charge in [0.25, 0.3) is 0 Å². The van der Waals surface area contributed by atoms with Gasteiger partial charge in [0.15, 0.2) is 6.10 Å². The minimum atomic E-state index is -0.772. The summed E-state index contributed by atoms with van der Waals surface area (Å²) in [5, 5.41) is 0. The summed E-state index contributed by atoms with van der Waals surface area (Å²) >= 11 is 0. The summed E-state index contributed by atoms with van der Waals surface area (Å²) in [7, 11) is 0. The van der Waals surface area contributed by atoms with Crippen LogP contribution in [0.15, 0.2) is 24.3 Å². The van der Waals surface area contributed by atoms with Crippen LogP contribution in [0.3, 0.4) is 0 Å². The molecule has 0 spiro atoms. The molecule has 6 nitrogen and oxygen atoms in total. The van der Waals surface area contributed by atoms with Crippen molar-refractivity contribution in [3.05, 3.63) is 24.3 Å². The average molecular weight is 789 g/mol. The summed E-state index contributed by atoms with van der Waals surface area (Å²) in [6, 6.07) is 0. The molecule has 0 amide bonds. The number of esters is 3. The van der Waals surface area contributed by atoms with Crippen molar-refractivity contribution in [3.63, 3.8) is 0 Å². The van der Waals surface area contributed by atoms with Gasteiger partial charge in [-0.05, 0) is 64.2 Å². The zero-order chi connectivity index (χ0) is 40.8. The maximum absolute atomic E-state index is 12.7. The highest BCUT2D eigenvalue weighted by Crippen LogP contribution is 2.15. The third-order valence-electron chi connectivity index (χ3n) is 10.7. The lowest BCUT2D eigenvalue weighted by Crippen LogP contribution is -2.30. The van der Waals surface area contributed by atoms with Crippen molar-refractivity contribution in [2.24, 2.45) is 0 Å². The first-order valence-corrected chi connectivity index (χ1v) is 24.3. The SMILES string of the molecule is CCCC/C=C\CCCCCCC(=O)OC(COC(=O)CCCCCCCCC/C=C\CCCCCCCCCC)COC(=O)CCCCCCCCCCC. The van der Waals surface area contributed by atoms with Crippen LogP contribution in [-0.4, -0.2) is 37.2 Å². The molecule has 0 aliphatic carbocycles. The molecule has 0 N–H and O–H groups in total. The average Bonchev–Trinajstić information content (AvgIpc) is 3.19. The predicted molar refractivity (Wildman–Crippen MR) is 238 cm³/mol. The highest BCUT2D eigenvalue weighted by atomic mass is 16.6. The number of unbranched alkanes of at least 4 members (excludes halogenated alkanes) is 29.